The molecule has 42 heavy (non-hydrogen) atoms. The van der Waals surface area contributed by atoms with Gasteiger partial charge in [-0.05, 0) is 68.4 Å². The minimum absolute atomic E-state index is 0.0218. The molecule has 5 rings (SSSR count). The maximum absolute atomic E-state index is 14.0. The molecule has 4 aliphatic rings. The zero-order chi connectivity index (χ0) is 29.3. The second-order valence-electron chi connectivity index (χ2n) is 11.1. The fourth-order valence-electron chi connectivity index (χ4n) is 5.83. The average molecular weight is 597 g/mol. The number of hydrogen-bond acceptors (Lipinski definition) is 7. The number of nitrogens with zero attached hydrogens (tertiary/aromatic N) is 5. The number of aliphatic imine (C=N–C) groups is 1. The minimum Gasteiger partial charge on any atom is -0.378 e. The van der Waals surface area contributed by atoms with Gasteiger partial charge in [-0.1, -0.05) is 18.6 Å². The molecular weight excluding hydrogens is 555 g/mol. The lowest BCUT2D eigenvalue weighted by Crippen LogP contribution is -2.47. The maximum atomic E-state index is 14.0. The number of rotatable bonds is 12. The summed E-state index contributed by atoms with van der Waals surface area (Å²) in [5.74, 6) is -0.530. The smallest absolute Gasteiger partial charge is 0.241 e. The largest absolute Gasteiger partial charge is 0.378 e. The Balaban J connectivity index is 0.940. The van der Waals surface area contributed by atoms with Crippen molar-refractivity contribution < 1.29 is 18.7 Å². The highest BCUT2D eigenvalue weighted by Gasteiger charge is 2.35. The molecule has 2 fully saturated rings. The van der Waals surface area contributed by atoms with Crippen LogP contribution in [0.25, 0.3) is 0 Å². The summed E-state index contributed by atoms with van der Waals surface area (Å²) in [4.78, 5) is 38.4. The molecule has 11 heteroatoms. The first-order valence-electron chi connectivity index (χ1n) is 15.1. The first-order chi connectivity index (χ1) is 20.5. The Kier molecular flexibility index (Phi) is 10.7. The normalized spacial score (nSPS) is 21.3. The number of benzene rings is 1. The highest BCUT2D eigenvalue weighted by Crippen LogP contribution is 2.25. The third-order valence-corrected chi connectivity index (χ3v) is 8.58. The number of hydrogen-bond donors (Lipinski definition) is 1. The molecule has 0 bridgehead atoms. The van der Waals surface area contributed by atoms with Crippen LogP contribution in [-0.2, 0) is 14.3 Å². The molecule has 0 spiro atoms. The van der Waals surface area contributed by atoms with Crippen molar-refractivity contribution in [1.82, 2.24) is 20.0 Å². The second kappa shape index (κ2) is 14.8. The van der Waals surface area contributed by atoms with Crippen LogP contribution in [0.5, 0.6) is 0 Å². The van der Waals surface area contributed by atoms with Crippen molar-refractivity contribution in [2.45, 2.75) is 32.1 Å². The molecule has 0 aromatic heterocycles. The lowest BCUT2D eigenvalue weighted by Gasteiger charge is -2.36. The Morgan fingerprint density at radius 3 is 2.55 bits per heavy atom. The molecule has 2 amide bonds. The molecule has 3 heterocycles. The van der Waals surface area contributed by atoms with E-state index in [4.69, 9.17) is 17.0 Å². The first-order valence-corrected chi connectivity index (χ1v) is 15.6. The predicted molar refractivity (Wildman–Crippen MR) is 166 cm³/mol. The molecule has 9 nitrogen and oxygen atoms in total. The van der Waals surface area contributed by atoms with Crippen molar-refractivity contribution in [2.75, 3.05) is 77.0 Å². The Morgan fingerprint density at radius 2 is 1.76 bits per heavy atom. The zero-order valence-corrected chi connectivity index (χ0v) is 25.0. The maximum Gasteiger partial charge on any atom is 0.241 e. The fraction of sp³-hybridized carbons (Fsp3) is 0.548. The lowest BCUT2D eigenvalue weighted by molar-refractivity contribution is -0.128. The van der Waals surface area contributed by atoms with E-state index in [9.17, 15) is 14.0 Å². The van der Waals surface area contributed by atoms with Crippen molar-refractivity contribution in [1.29, 1.82) is 0 Å². The number of fused-ring (bicyclic) bond motifs is 1. The predicted octanol–water partition coefficient (Wildman–Crippen LogP) is 2.98. The van der Waals surface area contributed by atoms with E-state index in [2.05, 4.69) is 25.0 Å². The van der Waals surface area contributed by atoms with Crippen LogP contribution in [0, 0.1) is 11.7 Å². The van der Waals surface area contributed by atoms with Gasteiger partial charge in [-0.25, -0.2) is 9.38 Å². The van der Waals surface area contributed by atoms with Crippen LogP contribution in [0.15, 0.2) is 53.2 Å². The van der Waals surface area contributed by atoms with E-state index >= 15 is 0 Å². The van der Waals surface area contributed by atoms with Gasteiger partial charge in [0.2, 0.25) is 16.9 Å². The van der Waals surface area contributed by atoms with Crippen LogP contribution >= 0.6 is 12.2 Å². The highest BCUT2D eigenvalue weighted by molar-refractivity contribution is 7.80. The van der Waals surface area contributed by atoms with E-state index in [-0.39, 0.29) is 17.6 Å². The number of thiocarbonyl (C=S) groups is 1. The summed E-state index contributed by atoms with van der Waals surface area (Å²) < 4.78 is 19.5. The summed E-state index contributed by atoms with van der Waals surface area (Å²) in [6.07, 6.45) is 9.64. The Hall–Kier alpha value is -3.15. The number of anilines is 1. The third kappa shape index (κ3) is 7.81. The van der Waals surface area contributed by atoms with Crippen LogP contribution in [0.4, 0.5) is 10.1 Å². The molecule has 1 aromatic rings. The van der Waals surface area contributed by atoms with Gasteiger partial charge < -0.3 is 19.9 Å². The van der Waals surface area contributed by atoms with Crippen LogP contribution in [0.2, 0.25) is 0 Å². The summed E-state index contributed by atoms with van der Waals surface area (Å²) in [5, 5.41) is 3.35. The first kappa shape index (κ1) is 30.3. The Labute approximate surface area is 253 Å². The van der Waals surface area contributed by atoms with Gasteiger partial charge in [0.25, 0.3) is 0 Å². The Morgan fingerprint density at radius 1 is 0.976 bits per heavy atom. The number of para-hydroxylation sites is 1. The number of nitrogens with one attached hydrogen (secondary N) is 1. The number of carbonyl (C=O) groups is 2. The summed E-state index contributed by atoms with van der Waals surface area (Å²) >= 11 is 5.44. The fourth-order valence-corrected chi connectivity index (χ4v) is 6.12. The van der Waals surface area contributed by atoms with E-state index < -0.39 is 5.92 Å². The minimum atomic E-state index is -0.402. The van der Waals surface area contributed by atoms with E-state index in [0.717, 1.165) is 77.2 Å². The summed E-state index contributed by atoms with van der Waals surface area (Å²) in [6.45, 7) is 8.48. The van der Waals surface area contributed by atoms with E-state index in [1.807, 2.05) is 30.4 Å². The number of allylic oxidation sites excluding steroid dienone is 2. The summed E-state index contributed by atoms with van der Waals surface area (Å²) in [5.41, 5.74) is 2.42. The molecule has 1 atom stereocenters. The van der Waals surface area contributed by atoms with E-state index in [1.54, 1.807) is 11.0 Å². The molecule has 0 saturated carbocycles. The molecule has 3 aliphatic heterocycles. The van der Waals surface area contributed by atoms with Gasteiger partial charge in [-0.2, -0.15) is 0 Å². The van der Waals surface area contributed by atoms with E-state index in [1.165, 1.54) is 6.07 Å². The molecule has 1 aliphatic carbocycles. The van der Waals surface area contributed by atoms with Crippen LogP contribution < -0.4 is 10.2 Å². The third-order valence-electron chi connectivity index (χ3n) is 8.27. The standard InChI is InChI=1S/C31H41FN6O3S/c32-26-7-3-4-8-28(26)37-17-15-35(16-18-37)13-6-12-33-29(39)9-2-1-5-14-38-30(40)25-23-24(36-19-21-41-22-20-36)10-11-27(25)34-31(38)42/h3-4,7-8,10-11,23,25H,1-2,5-6,9,12-22H2,(H,33,39). The van der Waals surface area contributed by atoms with E-state index in [0.29, 0.717) is 49.2 Å². The van der Waals surface area contributed by atoms with Gasteiger partial charge in [0.1, 0.15) is 11.7 Å². The van der Waals surface area contributed by atoms with Crippen molar-refractivity contribution in [3.63, 3.8) is 0 Å². The average Bonchev–Trinajstić information content (AvgIpc) is 3.01. The highest BCUT2D eigenvalue weighted by atomic mass is 32.1. The van der Waals surface area contributed by atoms with Gasteiger partial charge in [-0.15, -0.1) is 0 Å². The molecule has 0 radical (unpaired) electrons. The van der Waals surface area contributed by atoms with Gasteiger partial charge in [0.05, 0.1) is 24.6 Å². The van der Waals surface area contributed by atoms with Gasteiger partial charge in [0.15, 0.2) is 0 Å². The van der Waals surface area contributed by atoms with Crippen molar-refractivity contribution in [2.24, 2.45) is 10.9 Å². The number of halogens is 1. The van der Waals surface area contributed by atoms with Crippen molar-refractivity contribution in [3.05, 3.63) is 54.0 Å². The van der Waals surface area contributed by atoms with Crippen molar-refractivity contribution >= 4 is 40.5 Å². The second-order valence-corrected chi connectivity index (χ2v) is 11.5. The van der Waals surface area contributed by atoms with Crippen molar-refractivity contribution in [3.8, 4) is 0 Å². The van der Waals surface area contributed by atoms with Crippen LogP contribution in [0.1, 0.15) is 32.1 Å². The number of unbranched alkanes of at least 4 members (excludes halogenated alkanes) is 2. The number of piperazine rings is 1. The quantitative estimate of drug-likeness (QED) is 0.294. The zero-order valence-electron chi connectivity index (χ0n) is 24.2. The molecular formula is C31H41FN6O3S. The van der Waals surface area contributed by atoms with Crippen LogP contribution in [0.3, 0.4) is 0 Å². The molecule has 1 N–H and O–H groups in total. The SMILES string of the molecule is O=C(CCCCCN1C(=O)C2C=C(N3CCOCC3)C=CC2=NC1=S)NCCCN1CCN(c2ccccc2F)CC1. The summed E-state index contributed by atoms with van der Waals surface area (Å²) in [6, 6.07) is 6.93. The number of ether oxygens (including phenoxy) is 1. The van der Waals surface area contributed by atoms with Gasteiger partial charge in [-0.3, -0.25) is 19.4 Å². The number of carbonyl (C=O) groups excluding carboxylic acids is 2. The van der Waals surface area contributed by atoms with Gasteiger partial charge >= 0.3 is 0 Å². The molecule has 2 saturated heterocycles. The topological polar surface area (TPSA) is 80.7 Å². The van der Waals surface area contributed by atoms with Crippen LogP contribution in [-0.4, -0.2) is 109 Å². The monoisotopic (exact) mass is 596 g/mol. The molecule has 226 valence electrons. The number of morpholine rings is 1. The Bertz CT molecular complexity index is 1220. The number of amides is 2. The summed E-state index contributed by atoms with van der Waals surface area (Å²) in [7, 11) is 0. The molecule has 1 aromatic carbocycles. The molecule has 1 unspecified atom stereocenters. The van der Waals surface area contributed by atoms with Gasteiger partial charge in [0, 0.05) is 64.5 Å². The lowest BCUT2D eigenvalue weighted by atomic mass is 9.93.